The number of rotatable bonds is 6. The van der Waals surface area contributed by atoms with Crippen LogP contribution in [0.25, 0.3) is 0 Å². The molecule has 0 aliphatic carbocycles. The third-order valence-corrected chi connectivity index (χ3v) is 2.98. The van der Waals surface area contributed by atoms with Gasteiger partial charge in [-0.05, 0) is 84.2 Å². The lowest BCUT2D eigenvalue weighted by Gasteiger charge is -2.21. The minimum atomic E-state index is 0.206. The first-order chi connectivity index (χ1) is 8.76. The second-order valence-electron chi connectivity index (χ2n) is 6.57. The van der Waals surface area contributed by atoms with Gasteiger partial charge in [0.2, 0.25) is 0 Å². The highest BCUT2D eigenvalue weighted by Gasteiger charge is 2.09. The lowest BCUT2D eigenvalue weighted by molar-refractivity contribution is 0.205. The summed E-state index contributed by atoms with van der Waals surface area (Å²) < 4.78 is 5.98. The van der Waals surface area contributed by atoms with Gasteiger partial charge in [0.1, 0.15) is 5.75 Å². The van der Waals surface area contributed by atoms with E-state index in [1.165, 1.54) is 11.1 Å². The molecule has 0 saturated heterocycles. The van der Waals surface area contributed by atoms with Crippen molar-refractivity contribution in [1.82, 2.24) is 5.32 Å². The molecule has 1 unspecified atom stereocenters. The molecule has 0 aliphatic rings. The first-order valence-electron chi connectivity index (χ1n) is 7.26. The van der Waals surface area contributed by atoms with Gasteiger partial charge in [-0.1, -0.05) is 6.07 Å². The van der Waals surface area contributed by atoms with Crippen molar-refractivity contribution in [2.24, 2.45) is 0 Å². The van der Waals surface area contributed by atoms with Crippen LogP contribution in [-0.4, -0.2) is 18.2 Å². The molecular weight excluding hydrogens is 234 g/mol. The van der Waals surface area contributed by atoms with E-state index in [1.807, 2.05) is 0 Å². The van der Waals surface area contributed by atoms with Crippen LogP contribution in [0.5, 0.6) is 5.75 Å². The summed E-state index contributed by atoms with van der Waals surface area (Å²) in [6.07, 6.45) is 2.49. The van der Waals surface area contributed by atoms with Crippen LogP contribution >= 0.6 is 0 Å². The average molecular weight is 263 g/mol. The van der Waals surface area contributed by atoms with Crippen molar-refractivity contribution in [3.63, 3.8) is 0 Å². The molecule has 1 aromatic rings. The van der Waals surface area contributed by atoms with E-state index in [9.17, 15) is 0 Å². The SMILES string of the molecule is Cc1cc(C)cc(OC(C)CCCNC(C)(C)C)c1. The molecular formula is C17H29NO. The maximum atomic E-state index is 5.98. The molecule has 0 bridgehead atoms. The Bertz CT molecular complexity index is 372. The predicted octanol–water partition coefficient (Wildman–Crippen LogP) is 4.24. The quantitative estimate of drug-likeness (QED) is 0.775. The minimum absolute atomic E-state index is 0.206. The third-order valence-electron chi connectivity index (χ3n) is 2.98. The summed E-state index contributed by atoms with van der Waals surface area (Å²) in [7, 11) is 0. The molecule has 1 atom stereocenters. The molecule has 0 fully saturated rings. The van der Waals surface area contributed by atoms with E-state index in [2.05, 4.69) is 65.1 Å². The largest absolute Gasteiger partial charge is 0.491 e. The Kier molecular flexibility index (Phi) is 5.86. The molecule has 1 aromatic carbocycles. The van der Waals surface area contributed by atoms with Crippen LogP contribution in [0.4, 0.5) is 0 Å². The Morgan fingerprint density at radius 1 is 1.11 bits per heavy atom. The summed E-state index contributed by atoms with van der Waals surface area (Å²) in [5.41, 5.74) is 2.73. The molecule has 0 spiro atoms. The molecule has 1 N–H and O–H groups in total. The average Bonchev–Trinajstić information content (AvgIpc) is 2.21. The van der Waals surface area contributed by atoms with Crippen LogP contribution in [0.3, 0.4) is 0 Å². The Morgan fingerprint density at radius 2 is 1.68 bits per heavy atom. The van der Waals surface area contributed by atoms with E-state index in [1.54, 1.807) is 0 Å². The van der Waals surface area contributed by atoms with Crippen molar-refractivity contribution in [3.05, 3.63) is 29.3 Å². The zero-order chi connectivity index (χ0) is 14.5. The molecule has 2 nitrogen and oxygen atoms in total. The Balaban J connectivity index is 2.33. The Hall–Kier alpha value is -1.02. The fourth-order valence-corrected chi connectivity index (χ4v) is 2.15. The predicted molar refractivity (Wildman–Crippen MR) is 83.0 cm³/mol. The molecule has 0 aliphatic heterocycles. The summed E-state index contributed by atoms with van der Waals surface area (Å²) in [5, 5.41) is 3.50. The van der Waals surface area contributed by atoms with E-state index in [0.717, 1.165) is 25.1 Å². The van der Waals surface area contributed by atoms with Crippen molar-refractivity contribution < 1.29 is 4.74 Å². The highest BCUT2D eigenvalue weighted by Crippen LogP contribution is 2.18. The molecule has 0 heterocycles. The van der Waals surface area contributed by atoms with Crippen molar-refractivity contribution in [2.45, 2.75) is 66.0 Å². The lowest BCUT2D eigenvalue weighted by Crippen LogP contribution is -2.36. The van der Waals surface area contributed by atoms with Gasteiger partial charge in [0.25, 0.3) is 0 Å². The Morgan fingerprint density at radius 3 is 2.21 bits per heavy atom. The molecule has 108 valence electrons. The van der Waals surface area contributed by atoms with Crippen LogP contribution < -0.4 is 10.1 Å². The van der Waals surface area contributed by atoms with Crippen LogP contribution in [-0.2, 0) is 0 Å². The highest BCUT2D eigenvalue weighted by atomic mass is 16.5. The maximum Gasteiger partial charge on any atom is 0.120 e. The number of aryl methyl sites for hydroxylation is 2. The van der Waals surface area contributed by atoms with Gasteiger partial charge < -0.3 is 10.1 Å². The number of nitrogens with one attached hydrogen (secondary N) is 1. The minimum Gasteiger partial charge on any atom is -0.491 e. The van der Waals surface area contributed by atoms with Crippen LogP contribution in [0.1, 0.15) is 51.7 Å². The summed E-state index contributed by atoms with van der Waals surface area (Å²) in [6, 6.07) is 6.39. The molecule has 19 heavy (non-hydrogen) atoms. The van der Waals surface area contributed by atoms with Crippen molar-refractivity contribution in [3.8, 4) is 5.75 Å². The van der Waals surface area contributed by atoms with E-state index in [4.69, 9.17) is 4.74 Å². The highest BCUT2D eigenvalue weighted by molar-refractivity contribution is 5.33. The second kappa shape index (κ2) is 6.95. The lowest BCUT2D eigenvalue weighted by atomic mass is 10.1. The van der Waals surface area contributed by atoms with Gasteiger partial charge in [0, 0.05) is 5.54 Å². The summed E-state index contributed by atoms with van der Waals surface area (Å²) >= 11 is 0. The number of ether oxygens (including phenoxy) is 1. The molecule has 2 heteroatoms. The molecule has 0 saturated carbocycles. The fourth-order valence-electron chi connectivity index (χ4n) is 2.15. The smallest absolute Gasteiger partial charge is 0.120 e. The van der Waals surface area contributed by atoms with E-state index < -0.39 is 0 Å². The monoisotopic (exact) mass is 263 g/mol. The van der Waals surface area contributed by atoms with Crippen molar-refractivity contribution in [2.75, 3.05) is 6.54 Å². The number of benzene rings is 1. The van der Waals surface area contributed by atoms with Gasteiger partial charge in [0.15, 0.2) is 0 Å². The molecule has 0 aromatic heterocycles. The first-order valence-corrected chi connectivity index (χ1v) is 7.26. The maximum absolute atomic E-state index is 5.98. The number of hydrogen-bond acceptors (Lipinski definition) is 2. The van der Waals surface area contributed by atoms with Crippen LogP contribution in [0, 0.1) is 13.8 Å². The van der Waals surface area contributed by atoms with Gasteiger partial charge in [-0.25, -0.2) is 0 Å². The zero-order valence-electron chi connectivity index (χ0n) is 13.3. The Labute approximate surface area is 118 Å². The standard InChI is InChI=1S/C17H29NO/c1-13-10-14(2)12-16(11-13)19-15(3)8-7-9-18-17(4,5)6/h10-12,15,18H,7-9H2,1-6H3. The molecule has 1 rings (SSSR count). The molecule has 0 radical (unpaired) electrons. The van der Waals surface area contributed by atoms with Crippen LogP contribution in [0.2, 0.25) is 0 Å². The summed E-state index contributed by atoms with van der Waals surface area (Å²) in [4.78, 5) is 0. The fraction of sp³-hybridized carbons (Fsp3) is 0.647. The summed E-state index contributed by atoms with van der Waals surface area (Å²) in [6.45, 7) is 14.0. The summed E-state index contributed by atoms with van der Waals surface area (Å²) in [5.74, 6) is 0.994. The van der Waals surface area contributed by atoms with E-state index in [0.29, 0.717) is 0 Å². The van der Waals surface area contributed by atoms with Gasteiger partial charge in [-0.15, -0.1) is 0 Å². The van der Waals surface area contributed by atoms with Gasteiger partial charge in [-0.2, -0.15) is 0 Å². The number of hydrogen-bond donors (Lipinski definition) is 1. The van der Waals surface area contributed by atoms with E-state index in [-0.39, 0.29) is 11.6 Å². The third kappa shape index (κ3) is 7.22. The second-order valence-corrected chi connectivity index (χ2v) is 6.57. The van der Waals surface area contributed by atoms with Crippen molar-refractivity contribution >= 4 is 0 Å². The normalized spacial score (nSPS) is 13.4. The molecule has 0 amide bonds. The topological polar surface area (TPSA) is 21.3 Å². The van der Waals surface area contributed by atoms with E-state index >= 15 is 0 Å². The van der Waals surface area contributed by atoms with Gasteiger partial charge in [0.05, 0.1) is 6.10 Å². The van der Waals surface area contributed by atoms with Gasteiger partial charge >= 0.3 is 0 Å². The first kappa shape index (κ1) is 16.0. The van der Waals surface area contributed by atoms with Crippen LogP contribution in [0.15, 0.2) is 18.2 Å². The zero-order valence-corrected chi connectivity index (χ0v) is 13.3. The van der Waals surface area contributed by atoms with Gasteiger partial charge in [-0.3, -0.25) is 0 Å². The van der Waals surface area contributed by atoms with Crippen molar-refractivity contribution in [1.29, 1.82) is 0 Å².